The van der Waals surface area contributed by atoms with E-state index in [0.717, 1.165) is 25.2 Å². The lowest BCUT2D eigenvalue weighted by Crippen LogP contribution is -2.25. The van der Waals surface area contributed by atoms with E-state index in [9.17, 15) is 9.50 Å². The van der Waals surface area contributed by atoms with Gasteiger partial charge in [-0.1, -0.05) is 31.5 Å². The minimum Gasteiger partial charge on any atom is -0.388 e. The normalized spacial score (nSPS) is 13.1. The SMILES string of the molecule is CCN(CC)CCC(O)c1cc(C)ccc1F. The van der Waals surface area contributed by atoms with E-state index in [1.54, 1.807) is 12.1 Å². The van der Waals surface area contributed by atoms with E-state index in [1.165, 1.54) is 6.07 Å². The summed E-state index contributed by atoms with van der Waals surface area (Å²) >= 11 is 0. The molecule has 1 aromatic carbocycles. The second-order valence-corrected chi connectivity index (χ2v) is 4.36. The molecule has 0 spiro atoms. The number of halogens is 1. The number of hydrogen-bond donors (Lipinski definition) is 1. The van der Waals surface area contributed by atoms with Crippen LogP contribution in [0.3, 0.4) is 0 Å². The maximum absolute atomic E-state index is 13.5. The van der Waals surface area contributed by atoms with Crippen molar-refractivity contribution in [2.24, 2.45) is 0 Å². The Morgan fingerprint density at radius 2 is 1.94 bits per heavy atom. The van der Waals surface area contributed by atoms with Gasteiger partial charge in [-0.2, -0.15) is 0 Å². The lowest BCUT2D eigenvalue weighted by molar-refractivity contribution is 0.141. The van der Waals surface area contributed by atoms with Crippen LogP contribution in [0.15, 0.2) is 18.2 Å². The van der Waals surface area contributed by atoms with Crippen molar-refractivity contribution in [1.82, 2.24) is 4.90 Å². The van der Waals surface area contributed by atoms with Gasteiger partial charge in [0.05, 0.1) is 6.10 Å². The minimum atomic E-state index is -0.713. The second kappa shape index (κ2) is 6.72. The molecule has 3 heteroatoms. The fourth-order valence-electron chi connectivity index (χ4n) is 1.92. The third kappa shape index (κ3) is 4.10. The molecule has 0 fully saturated rings. The monoisotopic (exact) mass is 239 g/mol. The number of aliphatic hydroxyl groups is 1. The van der Waals surface area contributed by atoms with Gasteiger partial charge in [0.15, 0.2) is 0 Å². The number of aryl methyl sites for hydroxylation is 1. The lowest BCUT2D eigenvalue weighted by Gasteiger charge is -2.20. The van der Waals surface area contributed by atoms with Gasteiger partial charge in [0, 0.05) is 12.1 Å². The summed E-state index contributed by atoms with van der Waals surface area (Å²) in [6.07, 6.45) is -0.141. The zero-order chi connectivity index (χ0) is 12.8. The zero-order valence-electron chi connectivity index (χ0n) is 10.9. The van der Waals surface area contributed by atoms with Crippen LogP contribution >= 0.6 is 0 Å². The van der Waals surface area contributed by atoms with Gasteiger partial charge >= 0.3 is 0 Å². The van der Waals surface area contributed by atoms with Gasteiger partial charge in [0.2, 0.25) is 0 Å². The summed E-state index contributed by atoms with van der Waals surface area (Å²) in [5, 5.41) is 10.00. The maximum atomic E-state index is 13.5. The fourth-order valence-corrected chi connectivity index (χ4v) is 1.92. The molecule has 1 atom stereocenters. The number of rotatable bonds is 6. The Labute approximate surface area is 103 Å². The average Bonchev–Trinajstić information content (AvgIpc) is 2.33. The molecule has 0 saturated heterocycles. The Morgan fingerprint density at radius 1 is 1.29 bits per heavy atom. The standard InChI is InChI=1S/C14H22FNO/c1-4-16(5-2)9-8-14(17)12-10-11(3)6-7-13(12)15/h6-7,10,14,17H,4-5,8-9H2,1-3H3. The molecular formula is C14H22FNO. The van der Waals surface area contributed by atoms with Gasteiger partial charge in [0.1, 0.15) is 5.82 Å². The van der Waals surface area contributed by atoms with E-state index in [-0.39, 0.29) is 5.82 Å². The van der Waals surface area contributed by atoms with Crippen LogP contribution in [0, 0.1) is 12.7 Å². The molecule has 0 bridgehead atoms. The Hall–Kier alpha value is -0.930. The molecule has 1 rings (SSSR count). The van der Waals surface area contributed by atoms with Gasteiger partial charge in [-0.05, 0) is 32.5 Å². The Bertz CT molecular complexity index is 350. The van der Waals surface area contributed by atoms with Gasteiger partial charge in [-0.25, -0.2) is 4.39 Å². The highest BCUT2D eigenvalue weighted by Crippen LogP contribution is 2.21. The lowest BCUT2D eigenvalue weighted by atomic mass is 10.0. The first-order valence-electron chi connectivity index (χ1n) is 6.25. The quantitative estimate of drug-likeness (QED) is 0.825. The predicted molar refractivity (Wildman–Crippen MR) is 68.5 cm³/mol. The highest BCUT2D eigenvalue weighted by Gasteiger charge is 2.13. The van der Waals surface area contributed by atoms with Crippen LogP contribution in [0.25, 0.3) is 0 Å². The molecule has 0 amide bonds. The van der Waals surface area contributed by atoms with Crippen molar-refractivity contribution in [1.29, 1.82) is 0 Å². The van der Waals surface area contributed by atoms with Crippen LogP contribution in [0.1, 0.15) is 37.5 Å². The highest BCUT2D eigenvalue weighted by molar-refractivity contribution is 5.25. The van der Waals surface area contributed by atoms with E-state index >= 15 is 0 Å². The Kier molecular flexibility index (Phi) is 5.59. The molecule has 1 N–H and O–H groups in total. The largest absolute Gasteiger partial charge is 0.388 e. The molecule has 0 aromatic heterocycles. The first kappa shape index (κ1) is 14.1. The summed E-state index contributed by atoms with van der Waals surface area (Å²) in [6, 6.07) is 4.86. The number of aliphatic hydroxyl groups excluding tert-OH is 1. The summed E-state index contributed by atoms with van der Waals surface area (Å²) in [6.45, 7) is 8.78. The number of benzene rings is 1. The molecule has 2 nitrogen and oxygen atoms in total. The molecule has 0 aliphatic rings. The zero-order valence-corrected chi connectivity index (χ0v) is 10.9. The van der Waals surface area contributed by atoms with Crippen LogP contribution in [-0.2, 0) is 0 Å². The van der Waals surface area contributed by atoms with E-state index in [2.05, 4.69) is 18.7 Å². The predicted octanol–water partition coefficient (Wildman–Crippen LogP) is 2.90. The van der Waals surface area contributed by atoms with Gasteiger partial charge in [-0.15, -0.1) is 0 Å². The number of hydrogen-bond acceptors (Lipinski definition) is 2. The molecule has 0 aliphatic carbocycles. The third-order valence-electron chi connectivity index (χ3n) is 3.12. The average molecular weight is 239 g/mol. The van der Waals surface area contributed by atoms with Gasteiger partial charge in [-0.3, -0.25) is 0 Å². The summed E-state index contributed by atoms with van der Waals surface area (Å²) in [4.78, 5) is 2.22. The van der Waals surface area contributed by atoms with E-state index in [1.807, 2.05) is 6.92 Å². The first-order valence-corrected chi connectivity index (χ1v) is 6.25. The van der Waals surface area contributed by atoms with Crippen LogP contribution in [-0.4, -0.2) is 29.6 Å². The van der Waals surface area contributed by atoms with Crippen LogP contribution in [0.2, 0.25) is 0 Å². The second-order valence-electron chi connectivity index (χ2n) is 4.36. The topological polar surface area (TPSA) is 23.5 Å². The molecular weight excluding hydrogens is 217 g/mol. The van der Waals surface area contributed by atoms with Crippen molar-refractivity contribution in [3.8, 4) is 0 Å². The minimum absolute atomic E-state index is 0.317. The van der Waals surface area contributed by atoms with E-state index < -0.39 is 6.10 Å². The Morgan fingerprint density at radius 3 is 2.53 bits per heavy atom. The van der Waals surface area contributed by atoms with E-state index in [4.69, 9.17) is 0 Å². The van der Waals surface area contributed by atoms with Crippen molar-refractivity contribution in [3.63, 3.8) is 0 Å². The third-order valence-corrected chi connectivity index (χ3v) is 3.12. The van der Waals surface area contributed by atoms with Crippen molar-refractivity contribution < 1.29 is 9.50 Å². The first-order chi connectivity index (χ1) is 8.08. The van der Waals surface area contributed by atoms with Gasteiger partial charge < -0.3 is 10.0 Å². The molecule has 1 aromatic rings. The summed E-state index contributed by atoms with van der Waals surface area (Å²) in [7, 11) is 0. The van der Waals surface area contributed by atoms with Gasteiger partial charge in [0.25, 0.3) is 0 Å². The number of nitrogens with zero attached hydrogens (tertiary/aromatic N) is 1. The smallest absolute Gasteiger partial charge is 0.129 e. The van der Waals surface area contributed by atoms with Crippen LogP contribution in [0.4, 0.5) is 4.39 Å². The summed E-state index contributed by atoms with van der Waals surface area (Å²) in [5.74, 6) is -0.317. The molecule has 0 aliphatic heterocycles. The molecule has 0 saturated carbocycles. The Balaban J connectivity index is 2.63. The van der Waals surface area contributed by atoms with Crippen LogP contribution in [0.5, 0.6) is 0 Å². The van der Waals surface area contributed by atoms with Crippen LogP contribution < -0.4 is 0 Å². The van der Waals surface area contributed by atoms with E-state index in [0.29, 0.717) is 12.0 Å². The van der Waals surface area contributed by atoms with Crippen molar-refractivity contribution in [2.75, 3.05) is 19.6 Å². The molecule has 17 heavy (non-hydrogen) atoms. The molecule has 0 heterocycles. The van der Waals surface area contributed by atoms with Crippen molar-refractivity contribution >= 4 is 0 Å². The molecule has 0 radical (unpaired) electrons. The highest BCUT2D eigenvalue weighted by atomic mass is 19.1. The maximum Gasteiger partial charge on any atom is 0.129 e. The summed E-state index contributed by atoms with van der Waals surface area (Å²) in [5.41, 5.74) is 1.39. The molecule has 1 unspecified atom stereocenters. The summed E-state index contributed by atoms with van der Waals surface area (Å²) < 4.78 is 13.5. The van der Waals surface area contributed by atoms with Crippen molar-refractivity contribution in [2.45, 2.75) is 33.3 Å². The van der Waals surface area contributed by atoms with Crippen molar-refractivity contribution in [3.05, 3.63) is 35.1 Å². The molecule has 96 valence electrons. The fraction of sp³-hybridized carbons (Fsp3) is 0.571.